The molecule has 0 spiro atoms. The van der Waals surface area contributed by atoms with E-state index in [0.29, 0.717) is 5.95 Å². The summed E-state index contributed by atoms with van der Waals surface area (Å²) in [5.74, 6) is 0.437. The summed E-state index contributed by atoms with van der Waals surface area (Å²) in [6.45, 7) is 1.48. The number of carbonyl (C=O) groups is 1. The van der Waals surface area contributed by atoms with Crippen LogP contribution in [0.1, 0.15) is 6.92 Å². The van der Waals surface area contributed by atoms with E-state index in [1.807, 2.05) is 42.5 Å². The highest BCUT2D eigenvalue weighted by Crippen LogP contribution is 2.21. The Kier molecular flexibility index (Phi) is 4.02. The van der Waals surface area contributed by atoms with Crippen LogP contribution in [0.5, 0.6) is 0 Å². The van der Waals surface area contributed by atoms with E-state index in [9.17, 15) is 4.79 Å². The molecule has 0 unspecified atom stereocenters. The average molecular weight is 357 g/mol. The number of benzene rings is 2. The molecule has 1 aromatic heterocycles. The van der Waals surface area contributed by atoms with Crippen molar-refractivity contribution < 1.29 is 4.79 Å². The lowest BCUT2D eigenvalue weighted by atomic mass is 10.2. The summed E-state index contributed by atoms with van der Waals surface area (Å²) >= 11 is 3.43. The fraction of sp³-hybridized carbons (Fsp3) is 0.0625. The lowest BCUT2D eigenvalue weighted by molar-refractivity contribution is -0.114. The Hall–Kier alpha value is -2.47. The van der Waals surface area contributed by atoms with Crippen molar-refractivity contribution in [2.45, 2.75) is 6.92 Å². The van der Waals surface area contributed by atoms with Gasteiger partial charge in [0.05, 0.1) is 5.52 Å². The monoisotopic (exact) mass is 356 g/mol. The summed E-state index contributed by atoms with van der Waals surface area (Å²) in [7, 11) is 0. The number of carbonyl (C=O) groups excluding carboxylic acids is 1. The second-order valence-corrected chi connectivity index (χ2v) is 5.70. The summed E-state index contributed by atoms with van der Waals surface area (Å²) in [5.41, 5.74) is 2.48. The SMILES string of the molecule is CC(=O)Nc1ccc(Nc2ncc3cc(Br)ccc3n2)cc1. The van der Waals surface area contributed by atoms with E-state index in [1.165, 1.54) is 6.92 Å². The van der Waals surface area contributed by atoms with E-state index in [2.05, 4.69) is 36.5 Å². The number of anilines is 3. The number of aromatic nitrogens is 2. The fourth-order valence-corrected chi connectivity index (χ4v) is 2.41. The third kappa shape index (κ3) is 3.40. The number of nitrogens with one attached hydrogen (secondary N) is 2. The molecular weight excluding hydrogens is 344 g/mol. The van der Waals surface area contributed by atoms with Gasteiger partial charge in [0.1, 0.15) is 0 Å². The Labute approximate surface area is 135 Å². The predicted molar refractivity (Wildman–Crippen MR) is 91.3 cm³/mol. The normalized spacial score (nSPS) is 10.5. The maximum absolute atomic E-state index is 11.0. The first kappa shape index (κ1) is 14.5. The van der Waals surface area contributed by atoms with Crippen LogP contribution in [-0.4, -0.2) is 15.9 Å². The van der Waals surface area contributed by atoms with Gasteiger partial charge in [-0.05, 0) is 42.5 Å². The molecule has 5 nitrogen and oxygen atoms in total. The van der Waals surface area contributed by atoms with Crippen LogP contribution in [0.2, 0.25) is 0 Å². The molecule has 3 rings (SSSR count). The van der Waals surface area contributed by atoms with E-state index in [1.54, 1.807) is 6.20 Å². The summed E-state index contributed by atoms with van der Waals surface area (Å²) in [6, 6.07) is 13.2. The number of hydrogen-bond donors (Lipinski definition) is 2. The first-order chi connectivity index (χ1) is 10.6. The van der Waals surface area contributed by atoms with E-state index in [4.69, 9.17) is 0 Å². The zero-order valence-corrected chi connectivity index (χ0v) is 13.4. The molecule has 1 amide bonds. The number of nitrogens with zero attached hydrogens (tertiary/aromatic N) is 2. The predicted octanol–water partition coefficient (Wildman–Crippen LogP) is 4.09. The van der Waals surface area contributed by atoms with Crippen LogP contribution in [0.15, 0.2) is 53.1 Å². The van der Waals surface area contributed by atoms with Crippen LogP contribution < -0.4 is 10.6 Å². The largest absolute Gasteiger partial charge is 0.326 e. The smallest absolute Gasteiger partial charge is 0.227 e. The molecule has 2 aromatic carbocycles. The molecule has 0 aliphatic carbocycles. The molecule has 0 fully saturated rings. The molecular formula is C16H13BrN4O. The lowest BCUT2D eigenvalue weighted by Crippen LogP contribution is -2.05. The number of halogens is 1. The zero-order chi connectivity index (χ0) is 15.5. The van der Waals surface area contributed by atoms with Crippen molar-refractivity contribution in [1.29, 1.82) is 0 Å². The molecule has 0 aliphatic rings. The van der Waals surface area contributed by atoms with Crippen molar-refractivity contribution in [3.05, 3.63) is 53.1 Å². The molecule has 110 valence electrons. The third-order valence-corrected chi connectivity index (χ3v) is 3.50. The first-order valence-electron chi connectivity index (χ1n) is 6.67. The van der Waals surface area contributed by atoms with Crippen LogP contribution in [0, 0.1) is 0 Å². The molecule has 3 aromatic rings. The molecule has 2 N–H and O–H groups in total. The van der Waals surface area contributed by atoms with Crippen molar-refractivity contribution >= 4 is 50.1 Å². The number of amides is 1. The van der Waals surface area contributed by atoms with Crippen molar-refractivity contribution in [2.75, 3.05) is 10.6 Å². The quantitative estimate of drug-likeness (QED) is 0.741. The van der Waals surface area contributed by atoms with Gasteiger partial charge in [-0.3, -0.25) is 4.79 Å². The second-order valence-electron chi connectivity index (χ2n) is 4.78. The van der Waals surface area contributed by atoms with Crippen molar-refractivity contribution in [3.8, 4) is 0 Å². The van der Waals surface area contributed by atoms with Crippen molar-refractivity contribution in [2.24, 2.45) is 0 Å². The minimum atomic E-state index is -0.0928. The number of rotatable bonds is 3. The third-order valence-electron chi connectivity index (χ3n) is 3.00. The molecule has 0 radical (unpaired) electrons. The molecule has 1 heterocycles. The molecule has 6 heteroatoms. The Balaban J connectivity index is 1.80. The molecule has 0 bridgehead atoms. The summed E-state index contributed by atoms with van der Waals surface area (Å²) in [4.78, 5) is 19.8. The summed E-state index contributed by atoms with van der Waals surface area (Å²) < 4.78 is 0.998. The minimum absolute atomic E-state index is 0.0928. The second kappa shape index (κ2) is 6.11. The highest BCUT2D eigenvalue weighted by atomic mass is 79.9. The number of hydrogen-bond acceptors (Lipinski definition) is 4. The van der Waals surface area contributed by atoms with Gasteiger partial charge in [0.25, 0.3) is 0 Å². The van der Waals surface area contributed by atoms with E-state index in [-0.39, 0.29) is 5.91 Å². The van der Waals surface area contributed by atoms with Crippen LogP contribution >= 0.6 is 15.9 Å². The fourth-order valence-electron chi connectivity index (χ4n) is 2.03. The molecule has 22 heavy (non-hydrogen) atoms. The van der Waals surface area contributed by atoms with Crippen LogP contribution in [0.4, 0.5) is 17.3 Å². The van der Waals surface area contributed by atoms with E-state index >= 15 is 0 Å². The van der Waals surface area contributed by atoms with Crippen molar-refractivity contribution in [3.63, 3.8) is 0 Å². The highest BCUT2D eigenvalue weighted by molar-refractivity contribution is 9.10. The van der Waals surface area contributed by atoms with Crippen LogP contribution in [-0.2, 0) is 4.79 Å². The lowest BCUT2D eigenvalue weighted by Gasteiger charge is -2.07. The average Bonchev–Trinajstić information content (AvgIpc) is 2.49. The molecule has 0 saturated carbocycles. The molecule has 0 aliphatic heterocycles. The van der Waals surface area contributed by atoms with Gasteiger partial charge in [0.2, 0.25) is 11.9 Å². The topological polar surface area (TPSA) is 66.9 Å². The minimum Gasteiger partial charge on any atom is -0.326 e. The summed E-state index contributed by atoms with van der Waals surface area (Å²) in [5, 5.41) is 6.84. The van der Waals surface area contributed by atoms with Gasteiger partial charge in [0, 0.05) is 34.4 Å². The maximum atomic E-state index is 11.0. The van der Waals surface area contributed by atoms with Gasteiger partial charge in [-0.25, -0.2) is 9.97 Å². The first-order valence-corrected chi connectivity index (χ1v) is 7.46. The Morgan fingerprint density at radius 1 is 1.09 bits per heavy atom. The van der Waals surface area contributed by atoms with E-state index < -0.39 is 0 Å². The Morgan fingerprint density at radius 2 is 1.82 bits per heavy atom. The van der Waals surface area contributed by atoms with Gasteiger partial charge in [-0.1, -0.05) is 15.9 Å². The van der Waals surface area contributed by atoms with Gasteiger partial charge >= 0.3 is 0 Å². The van der Waals surface area contributed by atoms with Gasteiger partial charge < -0.3 is 10.6 Å². The van der Waals surface area contributed by atoms with Gasteiger partial charge in [-0.2, -0.15) is 0 Å². The van der Waals surface area contributed by atoms with Gasteiger partial charge in [-0.15, -0.1) is 0 Å². The van der Waals surface area contributed by atoms with Crippen LogP contribution in [0.3, 0.4) is 0 Å². The Morgan fingerprint density at radius 3 is 2.55 bits per heavy atom. The van der Waals surface area contributed by atoms with E-state index in [0.717, 1.165) is 26.8 Å². The van der Waals surface area contributed by atoms with Gasteiger partial charge in [0.15, 0.2) is 0 Å². The number of fused-ring (bicyclic) bond motifs is 1. The Bertz CT molecular complexity index is 833. The summed E-state index contributed by atoms with van der Waals surface area (Å²) in [6.07, 6.45) is 1.78. The standard InChI is InChI=1S/C16H13BrN4O/c1-10(22)19-13-3-5-14(6-4-13)20-16-18-9-11-8-12(17)2-7-15(11)21-16/h2-9H,1H3,(H,19,22)(H,18,20,21). The highest BCUT2D eigenvalue weighted by Gasteiger charge is 2.02. The van der Waals surface area contributed by atoms with Crippen molar-refractivity contribution in [1.82, 2.24) is 9.97 Å². The molecule has 0 atom stereocenters. The molecule has 0 saturated heterocycles. The zero-order valence-electron chi connectivity index (χ0n) is 11.8. The van der Waals surface area contributed by atoms with Crippen LogP contribution in [0.25, 0.3) is 10.9 Å². The maximum Gasteiger partial charge on any atom is 0.227 e.